The number of benzene rings is 1. The number of anilines is 1. The average Bonchev–Trinajstić information content (AvgIpc) is 3.66. The second kappa shape index (κ2) is 11.2. The van der Waals surface area contributed by atoms with Crippen LogP contribution < -0.4 is 24.8 Å². The Kier molecular flexibility index (Phi) is 7.73. The Balaban J connectivity index is 1.54. The van der Waals surface area contributed by atoms with Crippen LogP contribution in [0.15, 0.2) is 31.0 Å². The summed E-state index contributed by atoms with van der Waals surface area (Å²) in [5.74, 6) is 1.71. The van der Waals surface area contributed by atoms with E-state index in [4.69, 9.17) is 52.1 Å². The molecule has 2 N–H and O–H groups in total. The van der Waals surface area contributed by atoms with Crippen LogP contribution in [0.1, 0.15) is 12.8 Å². The summed E-state index contributed by atoms with van der Waals surface area (Å²) in [6.07, 6.45) is 5.13. The first-order valence-corrected chi connectivity index (χ1v) is 12.9. The van der Waals surface area contributed by atoms with Crippen molar-refractivity contribution >= 4 is 46.0 Å². The van der Waals surface area contributed by atoms with Gasteiger partial charge >= 0.3 is 0 Å². The summed E-state index contributed by atoms with van der Waals surface area (Å²) >= 11 is 13.3. The van der Waals surface area contributed by atoms with Gasteiger partial charge in [0.2, 0.25) is 17.7 Å². The van der Waals surface area contributed by atoms with E-state index in [9.17, 15) is 4.79 Å². The lowest BCUT2D eigenvalue weighted by molar-refractivity contribution is -0.117. The van der Waals surface area contributed by atoms with Crippen LogP contribution in [0.3, 0.4) is 0 Å². The Morgan fingerprint density at radius 1 is 1.13 bits per heavy atom. The molecule has 38 heavy (non-hydrogen) atoms. The lowest BCUT2D eigenvalue weighted by atomic mass is 10.1. The van der Waals surface area contributed by atoms with Gasteiger partial charge < -0.3 is 29.6 Å². The van der Waals surface area contributed by atoms with E-state index in [1.165, 1.54) is 20.3 Å². The normalized spacial score (nSPS) is 18.7. The Bertz CT molecular complexity index is 1360. The average molecular weight is 560 g/mol. The molecule has 1 aliphatic carbocycles. The molecule has 2 aliphatic rings. The number of carbonyl (C=O) groups excluding carboxylic acids is 1. The van der Waals surface area contributed by atoms with Gasteiger partial charge in [-0.15, -0.1) is 0 Å². The molecule has 5 rings (SSSR count). The summed E-state index contributed by atoms with van der Waals surface area (Å²) < 4.78 is 22.5. The molecule has 1 saturated carbocycles. The molecule has 2 fully saturated rings. The number of pyridine rings is 1. The molecule has 12 heteroatoms. The largest absolute Gasteiger partial charge is 0.495 e. The molecular formula is C26H27Cl2N5O5. The van der Waals surface area contributed by atoms with Gasteiger partial charge in [0.1, 0.15) is 17.0 Å². The van der Waals surface area contributed by atoms with Gasteiger partial charge in [0.15, 0.2) is 0 Å². The standard InChI is InChI=1S/C26H27Cl2N5O5/c1-4-20(34)30-16-11-37-12-17(16)32-26-29-9-14-7-15(31-25(24(14)33-26)38-10-13-5-6-13)21-22(27)18(35-2)8-19(36-3)23(21)28/h4,7-9,13,16-17H,1,5-6,10-12H2,2-3H3,(H,30,34)(H,29,32,33)/t16-,17+/m0/s1. The van der Waals surface area contributed by atoms with Gasteiger partial charge in [-0.1, -0.05) is 29.8 Å². The van der Waals surface area contributed by atoms with E-state index in [1.807, 2.05) is 0 Å². The molecular weight excluding hydrogens is 533 g/mol. The predicted octanol–water partition coefficient (Wildman–Crippen LogP) is 4.29. The molecule has 0 bridgehead atoms. The van der Waals surface area contributed by atoms with Gasteiger partial charge in [0.25, 0.3) is 0 Å². The van der Waals surface area contributed by atoms with E-state index in [2.05, 4.69) is 22.2 Å². The number of amides is 1. The van der Waals surface area contributed by atoms with Crippen LogP contribution in [0.25, 0.3) is 22.2 Å². The van der Waals surface area contributed by atoms with Gasteiger partial charge in [0.05, 0.1) is 61.9 Å². The minimum absolute atomic E-state index is 0.221. The highest BCUT2D eigenvalue weighted by atomic mass is 35.5. The quantitative estimate of drug-likeness (QED) is 0.351. The first-order chi connectivity index (χ1) is 18.4. The maximum Gasteiger partial charge on any atom is 0.243 e. The summed E-state index contributed by atoms with van der Waals surface area (Å²) in [4.78, 5) is 25.8. The van der Waals surface area contributed by atoms with Gasteiger partial charge in [0, 0.05) is 23.2 Å². The highest BCUT2D eigenvalue weighted by Gasteiger charge is 2.30. The van der Waals surface area contributed by atoms with Crippen LogP contribution in [0.4, 0.5) is 5.95 Å². The summed E-state index contributed by atoms with van der Waals surface area (Å²) in [5.41, 5.74) is 1.45. The van der Waals surface area contributed by atoms with Crippen molar-refractivity contribution in [2.75, 3.05) is 39.4 Å². The number of ether oxygens (including phenoxy) is 4. The lowest BCUT2D eigenvalue weighted by Gasteiger charge is -2.20. The minimum atomic E-state index is -0.272. The van der Waals surface area contributed by atoms with Crippen molar-refractivity contribution in [2.24, 2.45) is 5.92 Å². The highest BCUT2D eigenvalue weighted by Crippen LogP contribution is 2.46. The molecule has 1 saturated heterocycles. The van der Waals surface area contributed by atoms with E-state index in [1.54, 1.807) is 18.3 Å². The second-order valence-electron chi connectivity index (χ2n) is 9.09. The zero-order chi connectivity index (χ0) is 26.8. The fourth-order valence-corrected chi connectivity index (χ4v) is 4.84. The summed E-state index contributed by atoms with van der Waals surface area (Å²) in [6, 6.07) is 2.94. The first-order valence-electron chi connectivity index (χ1n) is 12.1. The Morgan fingerprint density at radius 2 is 1.84 bits per heavy atom. The molecule has 3 heterocycles. The molecule has 10 nitrogen and oxygen atoms in total. The second-order valence-corrected chi connectivity index (χ2v) is 9.85. The van der Waals surface area contributed by atoms with Crippen molar-refractivity contribution in [1.82, 2.24) is 20.3 Å². The Morgan fingerprint density at radius 3 is 2.50 bits per heavy atom. The van der Waals surface area contributed by atoms with E-state index < -0.39 is 0 Å². The topological polar surface area (TPSA) is 117 Å². The van der Waals surface area contributed by atoms with Crippen molar-refractivity contribution in [2.45, 2.75) is 24.9 Å². The van der Waals surface area contributed by atoms with Crippen molar-refractivity contribution in [3.05, 3.63) is 41.0 Å². The van der Waals surface area contributed by atoms with E-state index in [0.29, 0.717) is 81.3 Å². The number of rotatable bonds is 10. The van der Waals surface area contributed by atoms with Gasteiger partial charge in [-0.25, -0.2) is 15.0 Å². The maximum absolute atomic E-state index is 11.8. The highest BCUT2D eigenvalue weighted by molar-refractivity contribution is 6.41. The van der Waals surface area contributed by atoms with Crippen molar-refractivity contribution < 1.29 is 23.7 Å². The molecule has 0 unspecified atom stereocenters. The molecule has 0 radical (unpaired) electrons. The van der Waals surface area contributed by atoms with E-state index >= 15 is 0 Å². The monoisotopic (exact) mass is 559 g/mol. The molecule has 2 aromatic heterocycles. The Hall–Kier alpha value is -3.34. The number of hydrogen-bond donors (Lipinski definition) is 2. The van der Waals surface area contributed by atoms with Crippen molar-refractivity contribution in [3.8, 4) is 28.6 Å². The fourth-order valence-electron chi connectivity index (χ4n) is 4.15. The molecule has 1 aromatic carbocycles. The van der Waals surface area contributed by atoms with Crippen LogP contribution in [0.5, 0.6) is 17.4 Å². The zero-order valence-electron chi connectivity index (χ0n) is 20.9. The van der Waals surface area contributed by atoms with Crippen molar-refractivity contribution in [1.29, 1.82) is 0 Å². The van der Waals surface area contributed by atoms with Gasteiger partial charge in [-0.2, -0.15) is 0 Å². The third-order valence-corrected chi connectivity index (χ3v) is 7.17. The SMILES string of the molecule is C=CC(=O)N[C@H]1COC[C@H]1Nc1ncc2cc(-c3c(Cl)c(OC)cc(OC)c3Cl)nc(OCC3CC3)c2n1. The maximum atomic E-state index is 11.8. The van der Waals surface area contributed by atoms with Crippen molar-refractivity contribution in [3.63, 3.8) is 0 Å². The molecule has 200 valence electrons. The number of carbonyl (C=O) groups is 1. The number of nitrogens with zero attached hydrogens (tertiary/aromatic N) is 3. The molecule has 1 aliphatic heterocycles. The third kappa shape index (κ3) is 5.43. The van der Waals surface area contributed by atoms with Gasteiger partial charge in [-0.05, 0) is 30.9 Å². The van der Waals surface area contributed by atoms with Crippen LogP contribution in [-0.4, -0.2) is 67.0 Å². The predicted molar refractivity (Wildman–Crippen MR) is 144 cm³/mol. The Labute approximate surface area is 229 Å². The number of halogens is 2. The van der Waals surface area contributed by atoms with Crippen LogP contribution in [0.2, 0.25) is 10.0 Å². The number of fused-ring (bicyclic) bond motifs is 1. The lowest BCUT2D eigenvalue weighted by Crippen LogP contribution is -2.45. The fraction of sp³-hybridized carbons (Fsp3) is 0.385. The van der Waals surface area contributed by atoms with Gasteiger partial charge in [-0.3, -0.25) is 4.79 Å². The summed E-state index contributed by atoms with van der Waals surface area (Å²) in [5, 5.41) is 7.39. The van der Waals surface area contributed by atoms with E-state index in [-0.39, 0.29) is 18.0 Å². The van der Waals surface area contributed by atoms with E-state index in [0.717, 1.165) is 12.8 Å². The van der Waals surface area contributed by atoms with Crippen LogP contribution >= 0.6 is 23.2 Å². The number of nitrogens with one attached hydrogen (secondary N) is 2. The molecule has 2 atom stereocenters. The molecule has 0 spiro atoms. The van der Waals surface area contributed by atoms with Crippen LogP contribution in [-0.2, 0) is 9.53 Å². The number of aromatic nitrogens is 3. The first kappa shape index (κ1) is 26.3. The summed E-state index contributed by atoms with van der Waals surface area (Å²) in [6.45, 7) is 4.78. The smallest absolute Gasteiger partial charge is 0.243 e. The van der Waals surface area contributed by atoms with Crippen LogP contribution in [0, 0.1) is 5.92 Å². The molecule has 3 aromatic rings. The number of hydrogen-bond acceptors (Lipinski definition) is 9. The molecule has 1 amide bonds. The minimum Gasteiger partial charge on any atom is -0.495 e. The zero-order valence-corrected chi connectivity index (χ0v) is 22.4. The third-order valence-electron chi connectivity index (χ3n) is 6.42. The number of methoxy groups -OCH3 is 2. The summed E-state index contributed by atoms with van der Waals surface area (Å²) in [7, 11) is 3.03.